The monoisotopic (exact) mass is 432 g/mol. The van der Waals surface area contributed by atoms with Gasteiger partial charge in [0.15, 0.2) is 0 Å². The smallest absolute Gasteiger partial charge is 0.256 e. The number of pyridine rings is 1. The summed E-state index contributed by atoms with van der Waals surface area (Å²) in [6, 6.07) is 30.3. The van der Waals surface area contributed by atoms with Gasteiger partial charge >= 0.3 is 0 Å². The summed E-state index contributed by atoms with van der Waals surface area (Å²) in [5.41, 5.74) is 2.87. The number of nitriles is 1. The van der Waals surface area contributed by atoms with Crippen LogP contribution in [-0.4, -0.2) is 46.4 Å². The predicted octanol–water partition coefficient (Wildman–Crippen LogP) is 4.67. The number of rotatable bonds is 4. The maximum Gasteiger partial charge on any atom is 0.256 e. The van der Waals surface area contributed by atoms with Crippen molar-refractivity contribution in [3.8, 4) is 6.07 Å². The van der Waals surface area contributed by atoms with Gasteiger partial charge in [0.05, 0.1) is 17.7 Å². The van der Waals surface area contributed by atoms with Gasteiger partial charge in [-0.05, 0) is 16.5 Å². The van der Waals surface area contributed by atoms with Gasteiger partial charge in [-0.25, -0.2) is 0 Å². The lowest BCUT2D eigenvalue weighted by atomic mass is 9.94. The first kappa shape index (κ1) is 20.9. The van der Waals surface area contributed by atoms with E-state index in [1.165, 1.54) is 0 Å². The minimum Gasteiger partial charge on any atom is -0.335 e. The van der Waals surface area contributed by atoms with Crippen LogP contribution in [0.3, 0.4) is 0 Å². The minimum absolute atomic E-state index is 0.0477. The van der Waals surface area contributed by atoms with Crippen LogP contribution in [0.15, 0.2) is 97.3 Å². The maximum absolute atomic E-state index is 13.4. The number of hydrogen-bond acceptors (Lipinski definition) is 4. The molecule has 0 N–H and O–H groups in total. The van der Waals surface area contributed by atoms with E-state index in [1.54, 1.807) is 17.3 Å². The van der Waals surface area contributed by atoms with Crippen LogP contribution in [0, 0.1) is 11.3 Å². The van der Waals surface area contributed by atoms with Crippen molar-refractivity contribution in [3.63, 3.8) is 0 Å². The summed E-state index contributed by atoms with van der Waals surface area (Å²) < 4.78 is 0. The van der Waals surface area contributed by atoms with Crippen molar-refractivity contribution in [2.45, 2.75) is 12.1 Å². The van der Waals surface area contributed by atoms with Gasteiger partial charge in [0.25, 0.3) is 5.91 Å². The Bertz CT molecular complexity index is 1260. The topological polar surface area (TPSA) is 60.2 Å². The average molecular weight is 433 g/mol. The Morgan fingerprint density at radius 3 is 2.18 bits per heavy atom. The summed E-state index contributed by atoms with van der Waals surface area (Å²) >= 11 is 0. The molecule has 0 radical (unpaired) electrons. The highest BCUT2D eigenvalue weighted by atomic mass is 16.2. The van der Waals surface area contributed by atoms with E-state index in [2.05, 4.69) is 40.2 Å². The molecule has 3 aromatic carbocycles. The fourth-order valence-corrected chi connectivity index (χ4v) is 4.71. The van der Waals surface area contributed by atoms with Gasteiger partial charge in [-0.2, -0.15) is 5.26 Å². The fourth-order valence-electron chi connectivity index (χ4n) is 4.71. The zero-order chi connectivity index (χ0) is 22.6. The van der Waals surface area contributed by atoms with Crippen LogP contribution in [0.25, 0.3) is 10.8 Å². The van der Waals surface area contributed by atoms with Crippen molar-refractivity contribution in [1.29, 1.82) is 5.26 Å². The molecule has 1 aliphatic rings. The number of piperazine rings is 1. The van der Waals surface area contributed by atoms with Gasteiger partial charge in [-0.3, -0.25) is 14.7 Å². The number of amides is 1. The van der Waals surface area contributed by atoms with Gasteiger partial charge in [0.1, 0.15) is 6.04 Å². The highest BCUT2D eigenvalue weighted by molar-refractivity contribution is 6.06. The maximum atomic E-state index is 13.4. The Balaban J connectivity index is 1.45. The van der Waals surface area contributed by atoms with Gasteiger partial charge in [-0.1, -0.05) is 84.9 Å². The molecule has 0 bridgehead atoms. The standard InChI is InChI=1S/C28H24N4O/c29-17-24-20-31(28(33)26-19-30-18-23-13-7-8-14-25(23)26)15-16-32(24)27(21-9-3-1-4-10-21)22-11-5-2-6-12-22/h1-14,18-19,24,27H,15-16,20H2. The Morgan fingerprint density at radius 2 is 1.52 bits per heavy atom. The molecule has 1 aliphatic heterocycles. The van der Waals surface area contributed by atoms with E-state index >= 15 is 0 Å². The average Bonchev–Trinajstić information content (AvgIpc) is 2.89. The van der Waals surface area contributed by atoms with Crippen LogP contribution >= 0.6 is 0 Å². The fraction of sp³-hybridized carbons (Fsp3) is 0.179. The molecule has 2 heterocycles. The van der Waals surface area contributed by atoms with Gasteiger partial charge in [-0.15, -0.1) is 0 Å². The van der Waals surface area contributed by atoms with E-state index in [9.17, 15) is 10.1 Å². The highest BCUT2D eigenvalue weighted by Crippen LogP contribution is 2.32. The molecule has 4 aromatic rings. The molecule has 33 heavy (non-hydrogen) atoms. The van der Waals surface area contributed by atoms with Crippen LogP contribution < -0.4 is 0 Å². The minimum atomic E-state index is -0.420. The largest absolute Gasteiger partial charge is 0.335 e. The SMILES string of the molecule is N#CC1CN(C(=O)c2cncc3ccccc23)CCN1C(c1ccccc1)c1ccccc1. The number of carbonyl (C=O) groups is 1. The van der Waals surface area contributed by atoms with E-state index in [-0.39, 0.29) is 11.9 Å². The molecule has 162 valence electrons. The molecule has 1 atom stereocenters. The highest BCUT2D eigenvalue weighted by Gasteiger charge is 2.35. The molecule has 0 saturated carbocycles. The number of carbonyl (C=O) groups excluding carboxylic acids is 1. The summed E-state index contributed by atoms with van der Waals surface area (Å²) in [4.78, 5) is 21.7. The summed E-state index contributed by atoms with van der Waals surface area (Å²) in [6.07, 6.45) is 3.40. The molecular formula is C28H24N4O. The molecule has 1 aromatic heterocycles. The number of benzene rings is 3. The molecule has 0 spiro atoms. The molecule has 5 rings (SSSR count). The van der Waals surface area contributed by atoms with Crippen LogP contribution in [-0.2, 0) is 0 Å². The summed E-state index contributed by atoms with van der Waals surface area (Å²) in [5.74, 6) is -0.0739. The molecule has 1 saturated heterocycles. The van der Waals surface area contributed by atoms with Crippen molar-refractivity contribution in [2.75, 3.05) is 19.6 Å². The molecule has 0 aliphatic carbocycles. The predicted molar refractivity (Wildman–Crippen MR) is 128 cm³/mol. The zero-order valence-corrected chi connectivity index (χ0v) is 18.2. The molecule has 5 nitrogen and oxygen atoms in total. The molecule has 1 fully saturated rings. The van der Waals surface area contributed by atoms with Gasteiger partial charge in [0, 0.05) is 37.4 Å². The number of nitrogens with zero attached hydrogens (tertiary/aromatic N) is 4. The number of hydrogen-bond donors (Lipinski definition) is 0. The second-order valence-electron chi connectivity index (χ2n) is 8.27. The van der Waals surface area contributed by atoms with Crippen LogP contribution in [0.2, 0.25) is 0 Å². The van der Waals surface area contributed by atoms with Gasteiger partial charge < -0.3 is 4.90 Å². The second-order valence-corrected chi connectivity index (χ2v) is 8.27. The van der Waals surface area contributed by atoms with E-state index in [1.807, 2.05) is 60.7 Å². The summed E-state index contributed by atoms with van der Waals surface area (Å²) in [6.45, 7) is 1.52. The number of aromatic nitrogens is 1. The normalized spacial score (nSPS) is 16.6. The van der Waals surface area contributed by atoms with Crippen LogP contribution in [0.4, 0.5) is 0 Å². The first-order valence-electron chi connectivity index (χ1n) is 11.1. The summed E-state index contributed by atoms with van der Waals surface area (Å²) in [7, 11) is 0. The zero-order valence-electron chi connectivity index (χ0n) is 18.2. The van der Waals surface area contributed by atoms with Crippen LogP contribution in [0.5, 0.6) is 0 Å². The Labute approximate surface area is 193 Å². The molecular weight excluding hydrogens is 408 g/mol. The van der Waals surface area contributed by atoms with Crippen molar-refractivity contribution >= 4 is 16.7 Å². The lowest BCUT2D eigenvalue weighted by molar-refractivity contribution is 0.0501. The third kappa shape index (κ3) is 4.09. The van der Waals surface area contributed by atoms with E-state index < -0.39 is 6.04 Å². The quantitative estimate of drug-likeness (QED) is 0.470. The lowest BCUT2D eigenvalue weighted by Crippen LogP contribution is -2.55. The third-order valence-electron chi connectivity index (χ3n) is 6.32. The Morgan fingerprint density at radius 1 is 0.879 bits per heavy atom. The van der Waals surface area contributed by atoms with E-state index in [4.69, 9.17) is 0 Å². The second kappa shape index (κ2) is 9.23. The molecule has 1 unspecified atom stereocenters. The summed E-state index contributed by atoms with van der Waals surface area (Å²) in [5, 5.41) is 11.9. The van der Waals surface area contributed by atoms with E-state index in [0.717, 1.165) is 21.9 Å². The van der Waals surface area contributed by atoms with E-state index in [0.29, 0.717) is 25.2 Å². The number of fused-ring (bicyclic) bond motifs is 1. The Hall–Kier alpha value is -4.01. The Kier molecular flexibility index (Phi) is 5.84. The van der Waals surface area contributed by atoms with Gasteiger partial charge in [0.2, 0.25) is 0 Å². The van der Waals surface area contributed by atoms with Crippen LogP contribution in [0.1, 0.15) is 27.5 Å². The van der Waals surface area contributed by atoms with Crippen molar-refractivity contribution in [2.24, 2.45) is 0 Å². The molecule has 1 amide bonds. The first-order valence-corrected chi connectivity index (χ1v) is 11.1. The van der Waals surface area contributed by atoms with Crippen molar-refractivity contribution < 1.29 is 4.79 Å². The van der Waals surface area contributed by atoms with Crippen molar-refractivity contribution in [1.82, 2.24) is 14.8 Å². The lowest BCUT2D eigenvalue weighted by Gasteiger charge is -2.42. The van der Waals surface area contributed by atoms with Crippen molar-refractivity contribution in [3.05, 3.63) is 114 Å². The molecule has 5 heteroatoms. The third-order valence-corrected chi connectivity index (χ3v) is 6.32. The first-order chi connectivity index (χ1) is 16.3.